The molecule has 0 aromatic heterocycles. The molecule has 1 fully saturated rings. The van der Waals surface area contributed by atoms with E-state index in [1.54, 1.807) is 29.8 Å². The Hall–Kier alpha value is -1.54. The number of rotatable bonds is 7. The van der Waals surface area contributed by atoms with Crippen molar-refractivity contribution in [2.75, 3.05) is 20.0 Å². The lowest BCUT2D eigenvalue weighted by molar-refractivity contribution is -0.141. The van der Waals surface area contributed by atoms with Crippen molar-refractivity contribution in [3.05, 3.63) is 11.6 Å². The molecule has 0 unspecified atom stereocenters. The molecule has 1 saturated heterocycles. The van der Waals surface area contributed by atoms with Crippen molar-refractivity contribution in [1.29, 1.82) is 0 Å². The van der Waals surface area contributed by atoms with Crippen LogP contribution < -0.4 is 5.32 Å². The van der Waals surface area contributed by atoms with E-state index in [9.17, 15) is 19.5 Å². The standard InChI is InChI=1S/C22H39N3O4S/c1-13(2)15(11-14(3)20(28)29)25(10)19(27)16(21(4,5)6)23-18(26)17-22(7,8)30-12-24(17)9/h11,13,15-17H,12H2,1-10H3,(H,23,26)(H,28,29)/t15-,16-,17-/m1/s1. The van der Waals surface area contributed by atoms with Crippen molar-refractivity contribution < 1.29 is 19.5 Å². The summed E-state index contributed by atoms with van der Waals surface area (Å²) in [7, 11) is 3.59. The van der Waals surface area contributed by atoms with E-state index in [-0.39, 0.29) is 34.1 Å². The van der Waals surface area contributed by atoms with Gasteiger partial charge in [-0.05, 0) is 39.2 Å². The van der Waals surface area contributed by atoms with Gasteiger partial charge in [-0.15, -0.1) is 11.8 Å². The Kier molecular flexibility index (Phi) is 8.59. The van der Waals surface area contributed by atoms with Crippen LogP contribution in [-0.2, 0) is 14.4 Å². The number of nitrogens with zero attached hydrogens (tertiary/aromatic N) is 2. The normalized spacial score (nSPS) is 22.0. The number of amides is 2. The van der Waals surface area contributed by atoms with E-state index < -0.39 is 23.5 Å². The summed E-state index contributed by atoms with van der Waals surface area (Å²) in [4.78, 5) is 41.6. The highest BCUT2D eigenvalue weighted by molar-refractivity contribution is 8.00. The number of thioether (sulfide) groups is 1. The minimum absolute atomic E-state index is 0.0147. The van der Waals surface area contributed by atoms with Crippen LogP contribution in [0.25, 0.3) is 0 Å². The van der Waals surface area contributed by atoms with E-state index in [0.717, 1.165) is 5.88 Å². The third kappa shape index (κ3) is 6.23. The second-order valence-electron chi connectivity index (χ2n) is 10.2. The Balaban J connectivity index is 3.19. The maximum Gasteiger partial charge on any atom is 0.331 e. The van der Waals surface area contributed by atoms with Crippen LogP contribution in [0, 0.1) is 11.3 Å². The number of hydrogen-bond acceptors (Lipinski definition) is 5. The van der Waals surface area contributed by atoms with Gasteiger partial charge in [-0.25, -0.2) is 4.79 Å². The number of carbonyl (C=O) groups is 3. The minimum atomic E-state index is -1.01. The van der Waals surface area contributed by atoms with Crippen molar-refractivity contribution in [1.82, 2.24) is 15.1 Å². The molecule has 3 atom stereocenters. The molecule has 2 amide bonds. The largest absolute Gasteiger partial charge is 0.478 e. The molecular weight excluding hydrogens is 402 g/mol. The molecule has 2 N–H and O–H groups in total. The number of aliphatic carboxylic acids is 1. The fourth-order valence-electron chi connectivity index (χ4n) is 3.77. The molecule has 8 heteroatoms. The first-order valence-corrected chi connectivity index (χ1v) is 11.3. The average molecular weight is 442 g/mol. The van der Waals surface area contributed by atoms with Gasteiger partial charge >= 0.3 is 5.97 Å². The Morgan fingerprint density at radius 2 is 1.80 bits per heavy atom. The van der Waals surface area contributed by atoms with Gasteiger partial charge in [-0.3, -0.25) is 14.5 Å². The molecule has 30 heavy (non-hydrogen) atoms. The average Bonchev–Trinajstić information content (AvgIpc) is 2.87. The zero-order chi connectivity index (χ0) is 23.6. The molecular formula is C22H39N3O4S. The Labute approximate surface area is 185 Å². The van der Waals surface area contributed by atoms with Gasteiger partial charge < -0.3 is 15.3 Å². The van der Waals surface area contributed by atoms with Crippen molar-refractivity contribution in [2.45, 2.75) is 78.3 Å². The Bertz CT molecular complexity index is 697. The molecule has 0 bridgehead atoms. The fourth-order valence-corrected chi connectivity index (χ4v) is 4.90. The molecule has 0 aromatic carbocycles. The van der Waals surface area contributed by atoms with E-state index in [0.29, 0.717) is 0 Å². The number of likely N-dealkylation sites (N-methyl/N-ethyl adjacent to an activating group) is 2. The lowest BCUT2D eigenvalue weighted by atomic mass is 9.84. The smallest absolute Gasteiger partial charge is 0.331 e. The van der Waals surface area contributed by atoms with Gasteiger partial charge in [0.2, 0.25) is 11.8 Å². The van der Waals surface area contributed by atoms with E-state index in [2.05, 4.69) is 5.32 Å². The number of nitrogens with one attached hydrogen (secondary N) is 1. The van der Waals surface area contributed by atoms with Crippen LogP contribution in [0.2, 0.25) is 0 Å². The predicted octanol–water partition coefficient (Wildman–Crippen LogP) is 2.81. The topological polar surface area (TPSA) is 90.0 Å². The van der Waals surface area contributed by atoms with Crippen LogP contribution in [0.3, 0.4) is 0 Å². The van der Waals surface area contributed by atoms with Gasteiger partial charge in [0.1, 0.15) is 12.1 Å². The van der Waals surface area contributed by atoms with Crippen LogP contribution in [0.5, 0.6) is 0 Å². The van der Waals surface area contributed by atoms with E-state index in [1.807, 2.05) is 60.4 Å². The fraction of sp³-hybridized carbons (Fsp3) is 0.773. The SMILES string of the molecule is CC(=C[C@H](C(C)C)N(C)C(=O)[C@@H](NC(=O)[C@H]1N(C)CSC1(C)C)C(C)(C)C)C(=O)O. The van der Waals surface area contributed by atoms with Crippen molar-refractivity contribution in [3.8, 4) is 0 Å². The van der Waals surface area contributed by atoms with Gasteiger partial charge in [0.15, 0.2) is 0 Å². The van der Waals surface area contributed by atoms with Crippen molar-refractivity contribution >= 4 is 29.5 Å². The molecule has 1 heterocycles. The minimum Gasteiger partial charge on any atom is -0.478 e. The van der Waals surface area contributed by atoms with E-state index in [4.69, 9.17) is 0 Å². The van der Waals surface area contributed by atoms with Crippen LogP contribution in [0.1, 0.15) is 55.4 Å². The predicted molar refractivity (Wildman–Crippen MR) is 122 cm³/mol. The maximum absolute atomic E-state index is 13.5. The second-order valence-corrected chi connectivity index (χ2v) is 11.8. The molecule has 1 aliphatic heterocycles. The Morgan fingerprint density at radius 1 is 1.27 bits per heavy atom. The first kappa shape index (κ1) is 26.5. The van der Waals surface area contributed by atoms with Gasteiger partial charge in [-0.1, -0.05) is 40.7 Å². The third-order valence-electron chi connectivity index (χ3n) is 5.62. The molecule has 172 valence electrons. The van der Waals surface area contributed by atoms with Gasteiger partial charge in [-0.2, -0.15) is 0 Å². The summed E-state index contributed by atoms with van der Waals surface area (Å²) in [5.41, 5.74) is -0.321. The van der Waals surface area contributed by atoms with Gasteiger partial charge in [0, 0.05) is 23.2 Å². The molecule has 0 saturated carbocycles. The number of carbonyl (C=O) groups excluding carboxylic acids is 2. The van der Waals surface area contributed by atoms with Crippen LogP contribution in [0.4, 0.5) is 0 Å². The van der Waals surface area contributed by atoms with Gasteiger partial charge in [0.25, 0.3) is 0 Å². The quantitative estimate of drug-likeness (QED) is 0.591. The first-order valence-electron chi connectivity index (χ1n) is 10.3. The van der Waals surface area contributed by atoms with Crippen LogP contribution in [-0.4, -0.2) is 75.5 Å². The third-order valence-corrected chi connectivity index (χ3v) is 7.13. The lowest BCUT2D eigenvalue weighted by Gasteiger charge is -2.39. The summed E-state index contributed by atoms with van der Waals surface area (Å²) in [5.74, 6) is -0.622. The van der Waals surface area contributed by atoms with Crippen LogP contribution in [0.15, 0.2) is 11.6 Å². The van der Waals surface area contributed by atoms with E-state index in [1.165, 1.54) is 6.92 Å². The zero-order valence-corrected chi connectivity index (χ0v) is 20.9. The molecule has 0 aromatic rings. The molecule has 0 radical (unpaired) electrons. The lowest BCUT2D eigenvalue weighted by Crippen LogP contribution is -2.60. The number of carboxylic acids is 1. The van der Waals surface area contributed by atoms with E-state index >= 15 is 0 Å². The number of hydrogen-bond donors (Lipinski definition) is 2. The van der Waals surface area contributed by atoms with Crippen LogP contribution >= 0.6 is 11.8 Å². The molecule has 0 aliphatic carbocycles. The molecule has 7 nitrogen and oxygen atoms in total. The second kappa shape index (κ2) is 9.73. The highest BCUT2D eigenvalue weighted by Crippen LogP contribution is 2.38. The monoisotopic (exact) mass is 441 g/mol. The Morgan fingerprint density at radius 3 is 2.17 bits per heavy atom. The highest BCUT2D eigenvalue weighted by atomic mass is 32.2. The molecule has 1 rings (SSSR count). The summed E-state index contributed by atoms with van der Waals surface area (Å²) in [6.45, 7) is 15.3. The first-order chi connectivity index (χ1) is 13.5. The number of carboxylic acid groups (broad SMARTS) is 1. The van der Waals surface area contributed by atoms with Crippen molar-refractivity contribution in [2.24, 2.45) is 11.3 Å². The molecule has 0 spiro atoms. The maximum atomic E-state index is 13.5. The summed E-state index contributed by atoms with van der Waals surface area (Å²) in [6.07, 6.45) is 1.61. The summed E-state index contributed by atoms with van der Waals surface area (Å²) >= 11 is 1.72. The van der Waals surface area contributed by atoms with Gasteiger partial charge in [0.05, 0.1) is 6.04 Å². The summed E-state index contributed by atoms with van der Waals surface area (Å²) < 4.78 is -0.252. The van der Waals surface area contributed by atoms with Crippen molar-refractivity contribution in [3.63, 3.8) is 0 Å². The zero-order valence-electron chi connectivity index (χ0n) is 20.1. The summed E-state index contributed by atoms with van der Waals surface area (Å²) in [5, 5.41) is 12.3. The summed E-state index contributed by atoms with van der Waals surface area (Å²) in [6, 6.07) is -1.46. The molecule has 1 aliphatic rings. The highest BCUT2D eigenvalue weighted by Gasteiger charge is 2.46.